The van der Waals surface area contributed by atoms with Crippen LogP contribution in [-0.2, 0) is 18.3 Å². The second-order valence-electron chi connectivity index (χ2n) is 5.95. The third kappa shape index (κ3) is 4.86. The van der Waals surface area contributed by atoms with E-state index in [0.717, 1.165) is 29.3 Å². The average molecular weight is 404 g/mol. The molecule has 9 heteroatoms. The number of amides is 1. The Bertz CT molecular complexity index is 977. The first-order chi connectivity index (χ1) is 13.5. The van der Waals surface area contributed by atoms with Gasteiger partial charge in [0.05, 0.1) is 12.9 Å². The lowest BCUT2D eigenvalue weighted by Crippen LogP contribution is -2.14. The Morgan fingerprint density at radius 2 is 1.89 bits per heavy atom. The fourth-order valence-corrected chi connectivity index (χ4v) is 3.18. The van der Waals surface area contributed by atoms with Crippen LogP contribution in [0.4, 0.5) is 14.5 Å². The molecule has 1 amide bonds. The molecule has 1 heterocycles. The van der Waals surface area contributed by atoms with Gasteiger partial charge in [0.1, 0.15) is 11.6 Å². The van der Waals surface area contributed by atoms with Crippen molar-refractivity contribution >= 4 is 23.4 Å². The van der Waals surface area contributed by atoms with Crippen molar-refractivity contribution in [2.45, 2.75) is 11.6 Å². The number of nitrogens with zero attached hydrogens (tertiary/aromatic N) is 3. The van der Waals surface area contributed by atoms with E-state index in [0.29, 0.717) is 11.6 Å². The molecular formula is C19H18F2N4O2S. The number of hydrogen-bond donors (Lipinski definition) is 1. The Kier molecular flexibility index (Phi) is 6.25. The van der Waals surface area contributed by atoms with Gasteiger partial charge in [0.25, 0.3) is 0 Å². The van der Waals surface area contributed by atoms with Gasteiger partial charge in [0, 0.05) is 25.2 Å². The van der Waals surface area contributed by atoms with E-state index < -0.39 is 11.6 Å². The van der Waals surface area contributed by atoms with Gasteiger partial charge < -0.3 is 14.6 Å². The van der Waals surface area contributed by atoms with Gasteiger partial charge in [0.15, 0.2) is 16.8 Å². The molecule has 0 radical (unpaired) electrons. The van der Waals surface area contributed by atoms with Gasteiger partial charge in [-0.3, -0.25) is 4.79 Å². The topological polar surface area (TPSA) is 69.0 Å². The summed E-state index contributed by atoms with van der Waals surface area (Å²) in [5, 5.41) is 11.4. The summed E-state index contributed by atoms with van der Waals surface area (Å²) in [6, 6.07) is 10.9. The van der Waals surface area contributed by atoms with Crippen molar-refractivity contribution in [3.63, 3.8) is 0 Å². The van der Waals surface area contributed by atoms with Crippen molar-refractivity contribution in [2.24, 2.45) is 7.05 Å². The molecule has 6 nitrogen and oxygen atoms in total. The van der Waals surface area contributed by atoms with Gasteiger partial charge in [-0.25, -0.2) is 8.78 Å². The van der Waals surface area contributed by atoms with E-state index in [-0.39, 0.29) is 17.3 Å². The number of aromatic nitrogens is 3. The van der Waals surface area contributed by atoms with Crippen LogP contribution in [0.2, 0.25) is 0 Å². The molecule has 0 bridgehead atoms. The molecule has 3 rings (SSSR count). The number of ether oxygens (including phenoxy) is 1. The van der Waals surface area contributed by atoms with Crippen LogP contribution in [0.1, 0.15) is 11.4 Å². The molecule has 1 aromatic heterocycles. The van der Waals surface area contributed by atoms with Gasteiger partial charge in [0.2, 0.25) is 5.91 Å². The van der Waals surface area contributed by atoms with Crippen LogP contribution in [0.5, 0.6) is 5.75 Å². The largest absolute Gasteiger partial charge is 0.497 e. The summed E-state index contributed by atoms with van der Waals surface area (Å²) < 4.78 is 33.1. The van der Waals surface area contributed by atoms with Crippen LogP contribution in [-0.4, -0.2) is 33.5 Å². The van der Waals surface area contributed by atoms with E-state index in [1.54, 1.807) is 7.11 Å². The highest BCUT2D eigenvalue weighted by atomic mass is 32.2. The average Bonchev–Trinajstić information content (AvgIpc) is 3.03. The zero-order valence-corrected chi connectivity index (χ0v) is 16.1. The summed E-state index contributed by atoms with van der Waals surface area (Å²) in [6.07, 6.45) is 0.592. The Labute approximate surface area is 164 Å². The predicted molar refractivity (Wildman–Crippen MR) is 103 cm³/mol. The SMILES string of the molecule is COc1ccc(Cc2nnc(SCC(=O)Nc3ccc(F)c(F)c3)n2C)cc1. The standard InChI is InChI=1S/C19H18F2N4O2S/c1-25-17(9-12-3-6-14(27-2)7-4-12)23-24-19(25)28-11-18(26)22-13-5-8-15(20)16(21)10-13/h3-8,10H,9,11H2,1-2H3,(H,22,26). The van der Waals surface area contributed by atoms with Crippen LogP contribution in [0, 0.1) is 11.6 Å². The van der Waals surface area contributed by atoms with E-state index in [1.165, 1.54) is 17.8 Å². The van der Waals surface area contributed by atoms with Crippen LogP contribution >= 0.6 is 11.8 Å². The molecule has 2 aromatic carbocycles. The number of anilines is 1. The fourth-order valence-electron chi connectivity index (χ4n) is 2.45. The number of carbonyl (C=O) groups excluding carboxylic acids is 1. The number of rotatable bonds is 7. The number of methoxy groups -OCH3 is 1. The summed E-state index contributed by atoms with van der Waals surface area (Å²) in [6.45, 7) is 0. The van der Waals surface area contributed by atoms with E-state index in [9.17, 15) is 13.6 Å². The van der Waals surface area contributed by atoms with E-state index in [2.05, 4.69) is 15.5 Å². The van der Waals surface area contributed by atoms with Crippen LogP contribution < -0.4 is 10.1 Å². The zero-order chi connectivity index (χ0) is 20.1. The highest BCUT2D eigenvalue weighted by Crippen LogP contribution is 2.19. The van der Waals surface area contributed by atoms with E-state index >= 15 is 0 Å². The molecule has 0 aliphatic heterocycles. The van der Waals surface area contributed by atoms with Gasteiger partial charge in [-0.1, -0.05) is 23.9 Å². The summed E-state index contributed by atoms with van der Waals surface area (Å²) in [5.41, 5.74) is 1.26. The molecular weight excluding hydrogens is 386 g/mol. The van der Waals surface area contributed by atoms with Crippen molar-refractivity contribution in [2.75, 3.05) is 18.2 Å². The molecule has 146 valence electrons. The van der Waals surface area contributed by atoms with Gasteiger partial charge in [-0.15, -0.1) is 10.2 Å². The predicted octanol–water partition coefficient (Wildman–Crippen LogP) is 3.42. The van der Waals surface area contributed by atoms with Crippen molar-refractivity contribution < 1.29 is 18.3 Å². The van der Waals surface area contributed by atoms with Crippen molar-refractivity contribution in [3.8, 4) is 5.75 Å². The maximum atomic E-state index is 13.2. The monoisotopic (exact) mass is 404 g/mol. The number of halogens is 2. The molecule has 0 saturated carbocycles. The normalized spacial score (nSPS) is 10.7. The zero-order valence-electron chi connectivity index (χ0n) is 15.3. The Hall–Kier alpha value is -2.94. The second-order valence-corrected chi connectivity index (χ2v) is 6.89. The van der Waals surface area contributed by atoms with Gasteiger partial charge in [-0.05, 0) is 29.8 Å². The lowest BCUT2D eigenvalue weighted by molar-refractivity contribution is -0.113. The molecule has 0 aliphatic carbocycles. The van der Waals surface area contributed by atoms with Crippen LogP contribution in [0.15, 0.2) is 47.6 Å². The van der Waals surface area contributed by atoms with Gasteiger partial charge >= 0.3 is 0 Å². The number of nitrogens with one attached hydrogen (secondary N) is 1. The van der Waals surface area contributed by atoms with Crippen molar-refractivity contribution in [3.05, 3.63) is 65.5 Å². The number of hydrogen-bond acceptors (Lipinski definition) is 5. The van der Waals surface area contributed by atoms with Crippen LogP contribution in [0.3, 0.4) is 0 Å². The first-order valence-corrected chi connectivity index (χ1v) is 9.33. The van der Waals surface area contributed by atoms with Crippen molar-refractivity contribution in [1.29, 1.82) is 0 Å². The second kappa shape index (κ2) is 8.83. The van der Waals surface area contributed by atoms with Crippen molar-refractivity contribution in [1.82, 2.24) is 14.8 Å². The maximum Gasteiger partial charge on any atom is 0.234 e. The third-order valence-corrected chi connectivity index (χ3v) is 5.00. The lowest BCUT2D eigenvalue weighted by Gasteiger charge is -2.06. The van der Waals surface area contributed by atoms with Crippen LogP contribution in [0.25, 0.3) is 0 Å². The Morgan fingerprint density at radius 1 is 1.14 bits per heavy atom. The molecule has 1 N–H and O–H groups in total. The number of benzene rings is 2. The molecule has 0 saturated heterocycles. The third-order valence-electron chi connectivity index (χ3n) is 3.98. The molecule has 3 aromatic rings. The molecule has 0 aliphatic rings. The van der Waals surface area contributed by atoms with E-state index in [4.69, 9.17) is 4.74 Å². The quantitative estimate of drug-likeness (QED) is 0.611. The summed E-state index contributed by atoms with van der Waals surface area (Å²) in [7, 11) is 3.44. The lowest BCUT2D eigenvalue weighted by atomic mass is 10.1. The fraction of sp³-hybridized carbons (Fsp3) is 0.211. The molecule has 0 fully saturated rings. The van der Waals surface area contributed by atoms with E-state index in [1.807, 2.05) is 35.9 Å². The first-order valence-electron chi connectivity index (χ1n) is 8.35. The summed E-state index contributed by atoms with van der Waals surface area (Å²) in [4.78, 5) is 12.0. The highest BCUT2D eigenvalue weighted by Gasteiger charge is 2.13. The minimum absolute atomic E-state index is 0.0630. The molecule has 0 atom stereocenters. The molecule has 0 unspecified atom stereocenters. The minimum Gasteiger partial charge on any atom is -0.497 e. The molecule has 28 heavy (non-hydrogen) atoms. The highest BCUT2D eigenvalue weighted by molar-refractivity contribution is 7.99. The Morgan fingerprint density at radius 3 is 2.57 bits per heavy atom. The molecule has 0 spiro atoms. The smallest absolute Gasteiger partial charge is 0.234 e. The minimum atomic E-state index is -1.01. The Balaban J connectivity index is 1.57. The summed E-state index contributed by atoms with van der Waals surface area (Å²) >= 11 is 1.21. The van der Waals surface area contributed by atoms with Gasteiger partial charge in [-0.2, -0.15) is 0 Å². The summed E-state index contributed by atoms with van der Waals surface area (Å²) in [5.74, 6) is -0.722. The maximum absolute atomic E-state index is 13.2. The number of carbonyl (C=O) groups is 1. The number of thioether (sulfide) groups is 1. The first kappa shape index (κ1) is 19.8.